The van der Waals surface area contributed by atoms with Crippen LogP contribution in [0.1, 0.15) is 0 Å². The van der Waals surface area contributed by atoms with Gasteiger partial charge in [0.25, 0.3) is 10.0 Å². The maximum Gasteiger partial charge on any atom is 0.264 e. The SMILES string of the molecule is O=S(=O)(Nc1cc(-c2ccccc2)nn1-c1ccccc1)c1cccnc1. The average molecular weight is 376 g/mol. The highest BCUT2D eigenvalue weighted by Crippen LogP contribution is 2.26. The first-order chi connectivity index (χ1) is 13.1. The lowest BCUT2D eigenvalue weighted by atomic mass is 10.2. The van der Waals surface area contributed by atoms with E-state index < -0.39 is 10.0 Å². The fourth-order valence-corrected chi connectivity index (χ4v) is 3.67. The zero-order valence-corrected chi connectivity index (χ0v) is 15.0. The fraction of sp³-hybridized carbons (Fsp3) is 0. The molecule has 27 heavy (non-hydrogen) atoms. The van der Waals surface area contributed by atoms with E-state index >= 15 is 0 Å². The van der Waals surface area contributed by atoms with Gasteiger partial charge in [0, 0.05) is 24.0 Å². The Bertz CT molecular complexity index is 1140. The third kappa shape index (κ3) is 3.58. The van der Waals surface area contributed by atoms with Gasteiger partial charge in [-0.15, -0.1) is 0 Å². The Hall–Kier alpha value is -3.45. The van der Waals surface area contributed by atoms with E-state index in [4.69, 9.17) is 0 Å². The van der Waals surface area contributed by atoms with E-state index in [-0.39, 0.29) is 4.90 Å². The maximum atomic E-state index is 12.7. The Kier molecular flexibility index (Phi) is 4.43. The molecule has 134 valence electrons. The Labute approximate surface area is 157 Å². The van der Waals surface area contributed by atoms with Gasteiger partial charge >= 0.3 is 0 Å². The number of sulfonamides is 1. The molecule has 2 aromatic heterocycles. The molecule has 4 rings (SSSR count). The molecule has 0 fully saturated rings. The number of benzene rings is 2. The summed E-state index contributed by atoms with van der Waals surface area (Å²) in [7, 11) is -3.79. The molecule has 0 radical (unpaired) electrons. The van der Waals surface area contributed by atoms with Crippen molar-refractivity contribution in [3.63, 3.8) is 0 Å². The summed E-state index contributed by atoms with van der Waals surface area (Å²) in [5, 5.41) is 4.60. The normalized spacial score (nSPS) is 11.3. The smallest absolute Gasteiger partial charge is 0.263 e. The molecule has 2 heterocycles. The van der Waals surface area contributed by atoms with Gasteiger partial charge in [-0.25, -0.2) is 13.1 Å². The second-order valence-corrected chi connectivity index (χ2v) is 7.50. The van der Waals surface area contributed by atoms with Crippen molar-refractivity contribution in [2.45, 2.75) is 4.90 Å². The van der Waals surface area contributed by atoms with Gasteiger partial charge in [-0.1, -0.05) is 48.5 Å². The first kappa shape index (κ1) is 17.0. The van der Waals surface area contributed by atoms with Gasteiger partial charge in [0.1, 0.15) is 10.7 Å². The number of anilines is 1. The molecule has 0 bridgehead atoms. The van der Waals surface area contributed by atoms with Crippen molar-refractivity contribution in [2.24, 2.45) is 0 Å². The lowest BCUT2D eigenvalue weighted by Crippen LogP contribution is -2.16. The van der Waals surface area contributed by atoms with Gasteiger partial charge in [-0.2, -0.15) is 5.10 Å². The van der Waals surface area contributed by atoms with Gasteiger partial charge in [-0.05, 0) is 24.3 Å². The van der Waals surface area contributed by atoms with Gasteiger partial charge < -0.3 is 0 Å². The van der Waals surface area contributed by atoms with Crippen LogP contribution in [0.2, 0.25) is 0 Å². The number of para-hydroxylation sites is 1. The molecule has 0 aliphatic heterocycles. The van der Waals surface area contributed by atoms with Crippen LogP contribution in [0.15, 0.2) is 96.2 Å². The minimum absolute atomic E-state index is 0.0899. The summed E-state index contributed by atoms with van der Waals surface area (Å²) < 4.78 is 29.7. The minimum Gasteiger partial charge on any atom is -0.263 e. The Morgan fingerprint density at radius 1 is 0.852 bits per heavy atom. The average Bonchev–Trinajstić information content (AvgIpc) is 3.13. The number of rotatable bonds is 5. The standard InChI is InChI=1S/C20H16N4O2S/c25-27(26,18-12-7-13-21-15-18)23-20-14-19(16-8-3-1-4-9-16)22-24(20)17-10-5-2-6-11-17/h1-15,23H. The second kappa shape index (κ2) is 7.05. The van der Waals surface area contributed by atoms with E-state index in [0.29, 0.717) is 11.5 Å². The van der Waals surface area contributed by atoms with Crippen molar-refractivity contribution in [1.82, 2.24) is 14.8 Å². The van der Waals surface area contributed by atoms with Crippen LogP contribution in [-0.4, -0.2) is 23.2 Å². The quantitative estimate of drug-likeness (QED) is 0.576. The Morgan fingerprint density at radius 3 is 2.22 bits per heavy atom. The van der Waals surface area contributed by atoms with Crippen molar-refractivity contribution in [1.29, 1.82) is 0 Å². The molecule has 0 spiro atoms. The fourth-order valence-electron chi connectivity index (χ4n) is 2.67. The number of hydrogen-bond donors (Lipinski definition) is 1. The van der Waals surface area contributed by atoms with Crippen molar-refractivity contribution in [3.8, 4) is 16.9 Å². The molecule has 4 aromatic rings. The lowest BCUT2D eigenvalue weighted by Gasteiger charge is -2.10. The molecule has 1 N–H and O–H groups in total. The lowest BCUT2D eigenvalue weighted by molar-refractivity contribution is 0.600. The Morgan fingerprint density at radius 2 is 1.56 bits per heavy atom. The van der Waals surface area contributed by atoms with Crippen LogP contribution in [0.3, 0.4) is 0 Å². The molecule has 6 nitrogen and oxygen atoms in total. The first-order valence-corrected chi connectivity index (χ1v) is 9.75. The van der Waals surface area contributed by atoms with E-state index in [2.05, 4.69) is 14.8 Å². The molecule has 0 atom stereocenters. The highest BCUT2D eigenvalue weighted by Gasteiger charge is 2.19. The largest absolute Gasteiger partial charge is 0.264 e. The molecule has 2 aromatic carbocycles. The highest BCUT2D eigenvalue weighted by molar-refractivity contribution is 7.92. The topological polar surface area (TPSA) is 76.9 Å². The van der Waals surface area contributed by atoms with Crippen LogP contribution in [-0.2, 0) is 10.0 Å². The number of hydrogen-bond acceptors (Lipinski definition) is 4. The monoisotopic (exact) mass is 376 g/mol. The van der Waals surface area contributed by atoms with E-state index in [0.717, 1.165) is 11.3 Å². The van der Waals surface area contributed by atoms with Crippen molar-refractivity contribution >= 4 is 15.8 Å². The van der Waals surface area contributed by atoms with Crippen molar-refractivity contribution in [2.75, 3.05) is 4.72 Å². The summed E-state index contributed by atoms with van der Waals surface area (Å²) in [6.45, 7) is 0. The molecule has 0 unspecified atom stereocenters. The summed E-state index contributed by atoms with van der Waals surface area (Å²) >= 11 is 0. The molecule has 7 heteroatoms. The third-order valence-corrected chi connectivity index (χ3v) is 5.30. The summed E-state index contributed by atoms with van der Waals surface area (Å²) in [4.78, 5) is 3.97. The summed E-state index contributed by atoms with van der Waals surface area (Å²) in [5.74, 6) is 0.351. The van der Waals surface area contributed by atoms with Crippen LogP contribution in [0.4, 0.5) is 5.82 Å². The molecule has 0 saturated heterocycles. The van der Waals surface area contributed by atoms with Gasteiger partial charge in [0.2, 0.25) is 0 Å². The van der Waals surface area contributed by atoms with E-state index in [1.807, 2.05) is 60.7 Å². The maximum absolute atomic E-state index is 12.7. The molecule has 0 aliphatic carbocycles. The van der Waals surface area contributed by atoms with Crippen molar-refractivity contribution in [3.05, 3.63) is 91.3 Å². The van der Waals surface area contributed by atoms with E-state index in [1.54, 1.807) is 16.8 Å². The van der Waals surface area contributed by atoms with Gasteiger partial charge in [0.15, 0.2) is 0 Å². The highest BCUT2D eigenvalue weighted by atomic mass is 32.2. The third-order valence-electron chi connectivity index (χ3n) is 3.96. The van der Waals surface area contributed by atoms with E-state index in [1.165, 1.54) is 18.5 Å². The van der Waals surface area contributed by atoms with Crippen LogP contribution in [0, 0.1) is 0 Å². The zero-order valence-electron chi connectivity index (χ0n) is 14.2. The van der Waals surface area contributed by atoms with Gasteiger partial charge in [0.05, 0.1) is 11.4 Å². The molecule has 0 saturated carbocycles. The summed E-state index contributed by atoms with van der Waals surface area (Å²) in [5.41, 5.74) is 2.32. The van der Waals surface area contributed by atoms with Crippen molar-refractivity contribution < 1.29 is 8.42 Å². The molecule has 0 aliphatic rings. The number of aromatic nitrogens is 3. The van der Waals surface area contributed by atoms with Crippen LogP contribution in [0.5, 0.6) is 0 Å². The second-order valence-electron chi connectivity index (χ2n) is 5.82. The number of pyridine rings is 1. The number of nitrogens with one attached hydrogen (secondary N) is 1. The summed E-state index contributed by atoms with van der Waals surface area (Å²) in [6.07, 6.45) is 2.84. The minimum atomic E-state index is -3.79. The molecular weight excluding hydrogens is 360 g/mol. The predicted molar refractivity (Wildman–Crippen MR) is 104 cm³/mol. The van der Waals surface area contributed by atoms with Crippen LogP contribution in [0.25, 0.3) is 16.9 Å². The van der Waals surface area contributed by atoms with Gasteiger partial charge in [-0.3, -0.25) is 9.71 Å². The molecular formula is C20H16N4O2S. The van der Waals surface area contributed by atoms with Crippen LogP contribution < -0.4 is 4.72 Å². The summed E-state index contributed by atoms with van der Waals surface area (Å²) in [6, 6.07) is 23.8. The zero-order chi connectivity index (χ0) is 18.7. The first-order valence-electron chi connectivity index (χ1n) is 8.27. The Balaban J connectivity index is 1.80. The predicted octanol–water partition coefficient (Wildman–Crippen LogP) is 3.74. The van der Waals surface area contributed by atoms with E-state index in [9.17, 15) is 8.42 Å². The number of nitrogens with zero attached hydrogens (tertiary/aromatic N) is 3. The van der Waals surface area contributed by atoms with Crippen LogP contribution >= 0.6 is 0 Å². The molecule has 0 amide bonds.